The maximum absolute atomic E-state index is 13.2. The number of carbonyl (C=O) groups is 2. The van der Waals surface area contributed by atoms with Crippen LogP contribution in [0, 0.1) is 0 Å². The molecule has 10 aliphatic heterocycles. The molecule has 10 rings (SSSR count). The summed E-state index contributed by atoms with van der Waals surface area (Å²) in [6.07, 6.45) is -101. The molecule has 0 radical (unpaired) electrons. The summed E-state index contributed by atoms with van der Waals surface area (Å²) in [5.74, 6) is -1.84. The van der Waals surface area contributed by atoms with E-state index in [2.05, 4.69) is 10.6 Å². The summed E-state index contributed by atoms with van der Waals surface area (Å²) in [6, 6.07) is -3.79. The number of rotatable bonds is 29. The Kier molecular flexibility index (Phi) is 33.8. The van der Waals surface area contributed by atoms with Crippen LogP contribution >= 0.6 is 0 Å². The van der Waals surface area contributed by atoms with Crippen molar-refractivity contribution in [1.29, 1.82) is 0 Å². The Labute approximate surface area is 655 Å². The molecule has 10 saturated heterocycles. The van der Waals surface area contributed by atoms with Gasteiger partial charge in [-0.15, -0.1) is 0 Å². The zero-order chi connectivity index (χ0) is 85.2. The molecule has 0 saturated carbocycles. The van der Waals surface area contributed by atoms with Crippen LogP contribution in [0.4, 0.5) is 0 Å². The Morgan fingerprint density at radius 2 is 0.517 bits per heavy atom. The van der Waals surface area contributed by atoms with Crippen LogP contribution in [0.15, 0.2) is 0 Å². The largest absolute Gasteiger partial charge is 0.394 e. The van der Waals surface area contributed by atoms with Gasteiger partial charge in [0.05, 0.1) is 65.6 Å². The zero-order valence-electron chi connectivity index (χ0n) is 61.8. The van der Waals surface area contributed by atoms with Crippen molar-refractivity contribution in [1.82, 2.24) is 10.6 Å². The summed E-state index contributed by atoms with van der Waals surface area (Å²) in [5.41, 5.74) is 0. The molecular weight excluding hydrogens is 1600 g/mol. The number of amides is 2. The smallest absolute Gasteiger partial charge is 0.217 e. The standard InChI is InChI=1S/C64H108N2O50/c1-13-27(75)37(85)43(91)57(101-13)100-12-24-50(35(83)25(55(97)102-24)65-14(2)73)111-56-26(66-15(3)74)36(84)49(21(9-72)108-56)112-62-48(96)52(114-63-54(42(90)32(80)19(7-70)106-63)116-64-53(41(89)31(79)20(8-71)107-64)115-61-46(94)40(88)30(78)18(6-69)105-61)34(82)23(110-62)11-99-59-47(95)51(113-60-45(93)39(87)29(77)17(5-68)104-60)33(81)22(109-59)10-98-58-44(92)38(86)28(76)16(4-67)103-58/h13,16-64,67-72,75-97H,4-12H2,1-3H3,(H,65,73)(H,66,74)/t13-,16+,17+,18+,19+,20+,21+,22+,23+,24+,25+,26+,27+,28+,29+,30+,31+,32+,33+,34+,35+,36+,37+,38-,39-,40-,41-,42-,43-,44-,45-,46-,47-,48-,49+,50+,51-,52-,53-,54-,55+,56-,57+,58-,59-,60+,61+,62-,63+,64+/m0/s1. The van der Waals surface area contributed by atoms with E-state index in [1.807, 2.05) is 0 Å². The van der Waals surface area contributed by atoms with Crippen LogP contribution in [0.5, 0.6) is 0 Å². The second kappa shape index (κ2) is 41.2. The van der Waals surface area contributed by atoms with E-state index in [-0.39, 0.29) is 0 Å². The minimum Gasteiger partial charge on any atom is -0.394 e. The SMILES string of the molecule is CC(=O)N[C@@H]1[C@@H](O)[C@H](O[C@@H]2O[C@H](CO)[C@@H](O[C@@H]3O[C@H](CO[C@H]4O[C@H](CO[C@H]5O[C@H](CO)[C@@H](O)[C@H](O)[C@@H]5O)[C@@H](O)[C@H](O[C@H]5O[C@H](CO)[C@@H](O)[C@H](O)[C@@H]5O)[C@@H]4O)[C@@H](O)[C@H](O[C@H]4O[C@H](CO)[C@@H](O)[C@H](O)[C@@H]4O[C@H]4O[C@H](CO)[C@@H](O)[C@H](O)[C@@H]4O[C@H]4O[C@H](CO)[C@@H](O)[C@H](O)[C@@H]4O)[C@@H]3O)[C@H](O)[C@H]2NC(C)=O)[C@@H](CO[C@@H]2O[C@@H](C)[C@@H](O)[C@@H](O)[C@@H]2O)O[C@H]1O. The third-order valence-electron chi connectivity index (χ3n) is 21.6. The highest BCUT2D eigenvalue weighted by Crippen LogP contribution is 2.40. The van der Waals surface area contributed by atoms with Crippen molar-refractivity contribution >= 4 is 11.8 Å². The first kappa shape index (κ1) is 95.3. The van der Waals surface area contributed by atoms with Gasteiger partial charge in [-0.25, -0.2) is 0 Å². The van der Waals surface area contributed by atoms with Gasteiger partial charge in [-0.1, -0.05) is 0 Å². The number of hydrogen-bond donors (Lipinski definition) is 31. The van der Waals surface area contributed by atoms with E-state index in [9.17, 15) is 158 Å². The lowest BCUT2D eigenvalue weighted by molar-refractivity contribution is -0.408. The summed E-state index contributed by atoms with van der Waals surface area (Å²) in [6.45, 7) is -6.55. The van der Waals surface area contributed by atoms with Gasteiger partial charge in [0.25, 0.3) is 0 Å². The highest BCUT2D eigenvalue weighted by molar-refractivity contribution is 5.73. The molecule has 10 aliphatic rings. The fourth-order valence-electron chi connectivity index (χ4n) is 14.9. The molecule has 2 amide bonds. The lowest BCUT2D eigenvalue weighted by Gasteiger charge is -2.51. The first-order valence-corrected chi connectivity index (χ1v) is 37.0. The van der Waals surface area contributed by atoms with E-state index in [1.165, 1.54) is 6.92 Å². The lowest BCUT2D eigenvalue weighted by Crippen LogP contribution is -2.70. The number of ether oxygens (including phenoxy) is 19. The van der Waals surface area contributed by atoms with Crippen molar-refractivity contribution in [3.63, 3.8) is 0 Å². The Bertz CT molecular complexity index is 3030. The third kappa shape index (κ3) is 20.5. The summed E-state index contributed by atoms with van der Waals surface area (Å²) >= 11 is 0. The Morgan fingerprint density at radius 3 is 0.957 bits per heavy atom. The maximum Gasteiger partial charge on any atom is 0.217 e. The quantitative estimate of drug-likeness (QED) is 0.0331. The fraction of sp³-hybridized carbons (Fsp3) is 0.969. The van der Waals surface area contributed by atoms with E-state index in [0.717, 1.165) is 13.8 Å². The van der Waals surface area contributed by atoms with Gasteiger partial charge in [0.2, 0.25) is 11.8 Å². The summed E-state index contributed by atoms with van der Waals surface area (Å²) in [5, 5.41) is 325. The molecule has 0 aromatic rings. The maximum atomic E-state index is 13.2. The van der Waals surface area contributed by atoms with Crippen LogP contribution < -0.4 is 10.6 Å². The van der Waals surface area contributed by atoms with Gasteiger partial charge >= 0.3 is 0 Å². The van der Waals surface area contributed by atoms with Crippen LogP contribution in [-0.4, -0.2) is 526 Å². The summed E-state index contributed by atoms with van der Waals surface area (Å²) < 4.78 is 111. The molecule has 0 bridgehead atoms. The van der Waals surface area contributed by atoms with Crippen LogP contribution in [-0.2, 0) is 99.6 Å². The van der Waals surface area contributed by atoms with Crippen molar-refractivity contribution < 1.29 is 248 Å². The predicted molar refractivity (Wildman–Crippen MR) is 351 cm³/mol. The average Bonchev–Trinajstić information content (AvgIpc) is 0.762. The molecule has 0 aromatic carbocycles. The topological polar surface area (TPSA) is 820 Å². The minimum absolute atomic E-state index is 0.845. The van der Waals surface area contributed by atoms with E-state index in [4.69, 9.17) is 90.0 Å². The van der Waals surface area contributed by atoms with Crippen LogP contribution in [0.2, 0.25) is 0 Å². The van der Waals surface area contributed by atoms with Crippen molar-refractivity contribution in [3.05, 3.63) is 0 Å². The highest BCUT2D eigenvalue weighted by Gasteiger charge is 2.61. The second-order valence-corrected chi connectivity index (χ2v) is 29.6. The van der Waals surface area contributed by atoms with Crippen molar-refractivity contribution in [3.8, 4) is 0 Å². The number of nitrogens with one attached hydrogen (secondary N) is 2. The molecule has 50 atom stereocenters. The lowest BCUT2D eigenvalue weighted by atomic mass is 9.93. The van der Waals surface area contributed by atoms with Crippen molar-refractivity contribution in [2.24, 2.45) is 0 Å². The Morgan fingerprint density at radius 1 is 0.241 bits per heavy atom. The molecule has 52 heteroatoms. The third-order valence-corrected chi connectivity index (χ3v) is 21.6. The van der Waals surface area contributed by atoms with Gasteiger partial charge in [0, 0.05) is 13.8 Å². The van der Waals surface area contributed by atoms with E-state index in [0.29, 0.717) is 0 Å². The van der Waals surface area contributed by atoms with Gasteiger partial charge in [0.1, 0.15) is 238 Å². The monoisotopic (exact) mass is 1700 g/mol. The molecule has 674 valence electrons. The molecule has 0 unspecified atom stereocenters. The molecular formula is C64H108N2O50. The predicted octanol–water partition coefficient (Wildman–Crippen LogP) is -21.5. The van der Waals surface area contributed by atoms with E-state index < -0.39 is 378 Å². The molecule has 0 spiro atoms. The number of aliphatic hydroxyl groups is 29. The van der Waals surface area contributed by atoms with Crippen LogP contribution in [0.3, 0.4) is 0 Å². The van der Waals surface area contributed by atoms with Gasteiger partial charge in [-0.3, -0.25) is 9.59 Å². The van der Waals surface area contributed by atoms with Gasteiger partial charge in [-0.05, 0) is 6.92 Å². The molecule has 10 fully saturated rings. The first-order chi connectivity index (χ1) is 54.8. The molecule has 116 heavy (non-hydrogen) atoms. The highest BCUT2D eigenvalue weighted by atomic mass is 16.8. The van der Waals surface area contributed by atoms with Gasteiger partial charge < -0.3 is 249 Å². The molecule has 31 N–H and O–H groups in total. The van der Waals surface area contributed by atoms with Gasteiger partial charge in [-0.2, -0.15) is 0 Å². The number of carbonyl (C=O) groups excluding carboxylic acids is 2. The fourth-order valence-corrected chi connectivity index (χ4v) is 14.9. The van der Waals surface area contributed by atoms with E-state index >= 15 is 0 Å². The van der Waals surface area contributed by atoms with Crippen molar-refractivity contribution in [2.75, 3.05) is 59.5 Å². The van der Waals surface area contributed by atoms with Gasteiger partial charge in [0.15, 0.2) is 62.9 Å². The normalized spacial score (nSPS) is 51.8. The molecule has 0 aliphatic carbocycles. The minimum atomic E-state index is -2.64. The Balaban J connectivity index is 0.988. The van der Waals surface area contributed by atoms with E-state index in [1.54, 1.807) is 0 Å². The van der Waals surface area contributed by atoms with Crippen LogP contribution in [0.1, 0.15) is 20.8 Å². The number of hydrogen-bond acceptors (Lipinski definition) is 50. The van der Waals surface area contributed by atoms with Crippen LogP contribution in [0.25, 0.3) is 0 Å². The Hall–Kier alpha value is -2.98. The molecule has 10 heterocycles. The summed E-state index contributed by atoms with van der Waals surface area (Å²) in [4.78, 5) is 25.7. The summed E-state index contributed by atoms with van der Waals surface area (Å²) in [7, 11) is 0. The molecule has 0 aromatic heterocycles. The average molecular weight is 1710 g/mol. The van der Waals surface area contributed by atoms with Crippen molar-refractivity contribution in [2.45, 2.75) is 328 Å². The second-order valence-electron chi connectivity index (χ2n) is 29.6. The zero-order valence-corrected chi connectivity index (χ0v) is 61.8. The first-order valence-electron chi connectivity index (χ1n) is 37.0. The molecule has 52 nitrogen and oxygen atoms in total. The number of aliphatic hydroxyl groups excluding tert-OH is 29.